The lowest BCUT2D eigenvalue weighted by Crippen LogP contribution is -2.49. The van der Waals surface area contributed by atoms with Gasteiger partial charge in [0.15, 0.2) is 0 Å². The Morgan fingerprint density at radius 3 is 2.31 bits per heavy atom. The molecule has 8 rings (SSSR count). The van der Waals surface area contributed by atoms with E-state index < -0.39 is 71.6 Å². The van der Waals surface area contributed by atoms with Crippen molar-refractivity contribution in [2.75, 3.05) is 9.80 Å². The summed E-state index contributed by atoms with van der Waals surface area (Å²) in [6, 6.07) is 20.1. The number of nitrogens with zero attached hydrogens (tertiary/aromatic N) is 2. The summed E-state index contributed by atoms with van der Waals surface area (Å²) in [4.78, 5) is 59.6. The van der Waals surface area contributed by atoms with Gasteiger partial charge in [-0.05, 0) is 78.5 Å². The van der Waals surface area contributed by atoms with Crippen molar-refractivity contribution in [2.45, 2.75) is 25.7 Å². The molecule has 6 unspecified atom stereocenters. The van der Waals surface area contributed by atoms with Gasteiger partial charge in [-0.15, -0.1) is 0 Å². The summed E-state index contributed by atoms with van der Waals surface area (Å²) in [5.41, 5.74) is 0.557. The summed E-state index contributed by atoms with van der Waals surface area (Å²) >= 11 is 6.10. The monoisotopic (exact) mass is 678 g/mol. The number of amides is 4. The van der Waals surface area contributed by atoms with E-state index in [0.29, 0.717) is 16.3 Å². The molecule has 49 heavy (non-hydrogen) atoms. The lowest BCUT2D eigenvalue weighted by atomic mass is 9.51. The molecule has 2 aliphatic heterocycles. The molecular weight excluding hydrogens is 650 g/mol. The first-order valence-corrected chi connectivity index (χ1v) is 16.4. The first kappa shape index (κ1) is 31.4. The van der Waals surface area contributed by atoms with Crippen molar-refractivity contribution in [2.24, 2.45) is 29.1 Å². The van der Waals surface area contributed by atoms with Gasteiger partial charge >= 0.3 is 7.12 Å². The molecule has 1 saturated carbocycles. The molecule has 0 radical (unpaired) electrons. The molecule has 3 N–H and O–H groups in total. The number of allylic oxidation sites excluding steroid dienone is 2. The van der Waals surface area contributed by atoms with Crippen molar-refractivity contribution in [3.63, 3.8) is 0 Å². The molecule has 4 aliphatic rings. The van der Waals surface area contributed by atoms with Crippen LogP contribution < -0.4 is 15.3 Å². The number of benzene rings is 4. The second-order valence-corrected chi connectivity index (χ2v) is 13.9. The fourth-order valence-electron chi connectivity index (χ4n) is 8.87. The molecule has 0 spiro atoms. The van der Waals surface area contributed by atoms with Crippen molar-refractivity contribution < 1.29 is 38.7 Å². The summed E-state index contributed by atoms with van der Waals surface area (Å²) in [6.07, 6.45) is 2.25. The average Bonchev–Trinajstić information content (AvgIpc) is 3.46. The van der Waals surface area contributed by atoms with Gasteiger partial charge in [-0.1, -0.05) is 65.7 Å². The molecule has 2 saturated heterocycles. The van der Waals surface area contributed by atoms with Crippen molar-refractivity contribution in [1.29, 1.82) is 0 Å². The van der Waals surface area contributed by atoms with Crippen LogP contribution in [0.3, 0.4) is 0 Å². The Morgan fingerprint density at radius 1 is 0.837 bits per heavy atom. The number of anilines is 2. The van der Waals surface area contributed by atoms with Crippen LogP contribution >= 0.6 is 11.6 Å². The Labute approximate surface area is 285 Å². The maximum atomic E-state index is 14.7. The standard InChI is InChI=1S/C37H29BClFN2O7/c1-37-27(34(45)42(36(37)47)20-9-13-29(40)28(39)16-20)17-26-24(32(37)23-12-14-30(43)22-8-3-2-7-21(22)23)10-11-25-31(26)35(46)41(33(25)44)19-6-4-5-18(15-19)38(48)49/h2-10,12-16,25-27,31-32,43,48-49H,11,17H2,1H3. The number of phenols is 1. The fourth-order valence-corrected chi connectivity index (χ4v) is 9.04. The number of halogens is 2. The van der Waals surface area contributed by atoms with Crippen LogP contribution in [-0.4, -0.2) is 45.9 Å². The van der Waals surface area contributed by atoms with E-state index in [1.165, 1.54) is 30.3 Å². The smallest absolute Gasteiger partial charge is 0.488 e. The van der Waals surface area contributed by atoms with Crippen LogP contribution in [0, 0.1) is 34.9 Å². The van der Waals surface area contributed by atoms with Crippen molar-refractivity contribution in [1.82, 2.24) is 0 Å². The number of carbonyl (C=O) groups is 4. The van der Waals surface area contributed by atoms with Crippen LogP contribution in [0.5, 0.6) is 5.75 Å². The number of aromatic hydroxyl groups is 1. The van der Waals surface area contributed by atoms with Gasteiger partial charge < -0.3 is 15.2 Å². The predicted molar refractivity (Wildman–Crippen MR) is 180 cm³/mol. The van der Waals surface area contributed by atoms with Gasteiger partial charge in [0.1, 0.15) is 11.6 Å². The number of fused-ring (bicyclic) bond motifs is 5. The van der Waals surface area contributed by atoms with Gasteiger partial charge in [0, 0.05) is 11.3 Å². The zero-order chi connectivity index (χ0) is 34.5. The molecule has 3 fully saturated rings. The van der Waals surface area contributed by atoms with Crippen molar-refractivity contribution >= 4 is 70.0 Å². The Kier molecular flexibility index (Phi) is 7.12. The number of imide groups is 2. The maximum Gasteiger partial charge on any atom is 0.488 e. The summed E-state index contributed by atoms with van der Waals surface area (Å²) in [5, 5.41) is 31.3. The molecular formula is C37H29BClFN2O7. The second-order valence-electron chi connectivity index (χ2n) is 13.5. The van der Waals surface area contributed by atoms with Crippen molar-refractivity contribution in [3.05, 3.63) is 107 Å². The minimum Gasteiger partial charge on any atom is -0.507 e. The molecule has 4 aromatic carbocycles. The van der Waals surface area contributed by atoms with Gasteiger partial charge in [-0.25, -0.2) is 9.29 Å². The van der Waals surface area contributed by atoms with Gasteiger partial charge in [-0.2, -0.15) is 0 Å². The van der Waals surface area contributed by atoms with E-state index in [4.69, 9.17) is 11.6 Å². The maximum absolute atomic E-state index is 14.7. The van der Waals surface area contributed by atoms with E-state index in [1.54, 1.807) is 37.3 Å². The Morgan fingerprint density at radius 2 is 1.57 bits per heavy atom. The van der Waals surface area contributed by atoms with Crippen LogP contribution in [0.4, 0.5) is 15.8 Å². The first-order chi connectivity index (χ1) is 23.4. The molecule has 6 atom stereocenters. The van der Waals surface area contributed by atoms with E-state index in [2.05, 4.69) is 0 Å². The van der Waals surface area contributed by atoms with Crippen LogP contribution in [0.25, 0.3) is 10.8 Å². The van der Waals surface area contributed by atoms with Crippen LogP contribution in [0.15, 0.2) is 90.5 Å². The second kappa shape index (κ2) is 11.1. The molecule has 4 amide bonds. The molecule has 0 aromatic heterocycles. The van der Waals surface area contributed by atoms with E-state index in [0.717, 1.165) is 21.4 Å². The molecule has 9 nitrogen and oxygen atoms in total. The SMILES string of the molecule is CC12C(=O)N(c3ccc(F)c(Cl)c3)C(=O)C1CC1C(=CCC3C(=O)N(c4cccc(B(O)O)c4)C(=O)C31)C2c1ccc(O)c2ccccc12. The molecule has 2 heterocycles. The van der Waals surface area contributed by atoms with E-state index in [1.807, 2.05) is 18.2 Å². The largest absolute Gasteiger partial charge is 0.507 e. The molecule has 0 bridgehead atoms. The summed E-state index contributed by atoms with van der Waals surface area (Å²) in [6.45, 7) is 1.75. The molecule has 246 valence electrons. The third-order valence-corrected chi connectivity index (χ3v) is 11.4. The van der Waals surface area contributed by atoms with Gasteiger partial charge in [0.2, 0.25) is 23.6 Å². The highest BCUT2D eigenvalue weighted by Gasteiger charge is 2.67. The summed E-state index contributed by atoms with van der Waals surface area (Å²) in [7, 11) is -1.80. The number of phenolic OH excluding ortho intramolecular Hbond substituents is 1. The first-order valence-electron chi connectivity index (χ1n) is 16.0. The highest BCUT2D eigenvalue weighted by atomic mass is 35.5. The molecule has 12 heteroatoms. The summed E-state index contributed by atoms with van der Waals surface area (Å²) < 4.78 is 14.2. The number of rotatable bonds is 4. The topological polar surface area (TPSA) is 135 Å². The molecule has 2 aliphatic carbocycles. The van der Waals surface area contributed by atoms with E-state index in [9.17, 15) is 38.7 Å². The van der Waals surface area contributed by atoms with Crippen LogP contribution in [-0.2, 0) is 19.2 Å². The van der Waals surface area contributed by atoms with E-state index >= 15 is 0 Å². The average molecular weight is 679 g/mol. The molecule has 4 aromatic rings. The summed E-state index contributed by atoms with van der Waals surface area (Å²) in [5.74, 6) is -6.38. The Bertz CT molecular complexity index is 2170. The van der Waals surface area contributed by atoms with Gasteiger partial charge in [-0.3, -0.25) is 24.1 Å². The minimum absolute atomic E-state index is 0.0462. The van der Waals surface area contributed by atoms with E-state index in [-0.39, 0.29) is 40.5 Å². The number of hydrogen-bond acceptors (Lipinski definition) is 7. The van der Waals surface area contributed by atoms with Crippen molar-refractivity contribution in [3.8, 4) is 5.75 Å². The normalized spacial score (nSPS) is 27.7. The predicted octanol–water partition coefficient (Wildman–Crippen LogP) is 4.45. The number of carbonyl (C=O) groups excluding carboxylic acids is 4. The van der Waals surface area contributed by atoms with Gasteiger partial charge in [0.05, 0.1) is 39.6 Å². The minimum atomic E-state index is -1.80. The lowest BCUT2D eigenvalue weighted by Gasteiger charge is -2.49. The number of hydrogen-bond donors (Lipinski definition) is 3. The third-order valence-electron chi connectivity index (χ3n) is 11.1. The zero-order valence-electron chi connectivity index (χ0n) is 26.1. The van der Waals surface area contributed by atoms with Crippen LogP contribution in [0.1, 0.15) is 31.2 Å². The van der Waals surface area contributed by atoms with Crippen LogP contribution in [0.2, 0.25) is 5.02 Å². The van der Waals surface area contributed by atoms with Gasteiger partial charge in [0.25, 0.3) is 0 Å². The Hall–Kier alpha value is -4.84. The highest BCUT2D eigenvalue weighted by Crippen LogP contribution is 2.64. The highest BCUT2D eigenvalue weighted by molar-refractivity contribution is 6.58. The fraction of sp³-hybridized carbons (Fsp3) is 0.243. The Balaban J connectivity index is 1.30. The lowest BCUT2D eigenvalue weighted by molar-refractivity contribution is -0.131. The zero-order valence-corrected chi connectivity index (χ0v) is 26.8. The third kappa shape index (κ3) is 4.38. The quantitative estimate of drug-likeness (QED) is 0.165.